The number of hydrogen-bond acceptors (Lipinski definition) is 6. The molecule has 0 aromatic heterocycles. The third-order valence-electron chi connectivity index (χ3n) is 4.39. The maximum atomic E-state index is 12.3. The Labute approximate surface area is 172 Å². The number of cyclic esters (lactones) is 1. The highest BCUT2D eigenvalue weighted by molar-refractivity contribution is 6.13. The van der Waals surface area contributed by atoms with Gasteiger partial charge < -0.3 is 9.47 Å². The number of carbonyl (C=O) groups excluding carboxylic acids is 1. The van der Waals surface area contributed by atoms with Crippen molar-refractivity contribution in [3.63, 3.8) is 0 Å². The fourth-order valence-electron chi connectivity index (χ4n) is 2.87. The summed E-state index contributed by atoms with van der Waals surface area (Å²) in [4.78, 5) is 26.8. The Kier molecular flexibility index (Phi) is 5.34. The zero-order valence-corrected chi connectivity index (χ0v) is 15.7. The van der Waals surface area contributed by atoms with Crippen molar-refractivity contribution >= 4 is 23.6 Å². The van der Waals surface area contributed by atoms with Crippen molar-refractivity contribution in [3.05, 3.63) is 111 Å². The van der Waals surface area contributed by atoms with E-state index in [2.05, 4.69) is 4.99 Å². The molecule has 0 unspecified atom stereocenters. The molecule has 0 atom stereocenters. The molecule has 1 heterocycles. The van der Waals surface area contributed by atoms with E-state index in [1.54, 1.807) is 6.08 Å². The molecule has 3 aromatic rings. The Morgan fingerprint density at radius 2 is 1.67 bits per heavy atom. The molecule has 0 saturated carbocycles. The third kappa shape index (κ3) is 4.25. The van der Waals surface area contributed by atoms with Gasteiger partial charge >= 0.3 is 5.97 Å². The number of nitro benzene ring substituents is 1. The molecule has 0 aliphatic carbocycles. The number of aliphatic imine (C=N–C) groups is 1. The number of esters is 1. The van der Waals surface area contributed by atoms with Crippen molar-refractivity contribution in [2.75, 3.05) is 0 Å². The number of nitro groups is 1. The van der Waals surface area contributed by atoms with Gasteiger partial charge in [-0.15, -0.1) is 0 Å². The lowest BCUT2D eigenvalue weighted by Crippen LogP contribution is -2.05. The SMILES string of the molecule is O=C1OC(c2ccc([N+](=O)[O-])cc2)=N/C1=C\c1ccccc1OCc1ccccc1. The average molecular weight is 400 g/mol. The Balaban J connectivity index is 1.57. The van der Waals surface area contributed by atoms with Crippen molar-refractivity contribution < 1.29 is 19.2 Å². The first-order valence-corrected chi connectivity index (χ1v) is 9.13. The van der Waals surface area contributed by atoms with Gasteiger partial charge in [-0.1, -0.05) is 48.5 Å². The number of ether oxygens (including phenoxy) is 2. The highest BCUT2D eigenvalue weighted by Crippen LogP contribution is 2.26. The van der Waals surface area contributed by atoms with Crippen molar-refractivity contribution in [2.24, 2.45) is 4.99 Å². The van der Waals surface area contributed by atoms with Gasteiger partial charge in [0.15, 0.2) is 5.70 Å². The molecule has 0 N–H and O–H groups in total. The minimum Gasteiger partial charge on any atom is -0.488 e. The first-order chi connectivity index (χ1) is 14.6. The number of non-ortho nitro benzene ring substituents is 1. The molecule has 0 spiro atoms. The smallest absolute Gasteiger partial charge is 0.363 e. The van der Waals surface area contributed by atoms with Crippen LogP contribution in [0.4, 0.5) is 5.69 Å². The predicted octanol–water partition coefficient (Wildman–Crippen LogP) is 4.52. The van der Waals surface area contributed by atoms with Gasteiger partial charge in [0.2, 0.25) is 5.90 Å². The van der Waals surface area contributed by atoms with Crippen molar-refractivity contribution in [1.82, 2.24) is 0 Å². The summed E-state index contributed by atoms with van der Waals surface area (Å²) in [5.74, 6) is 0.116. The summed E-state index contributed by atoms with van der Waals surface area (Å²) in [5, 5.41) is 10.8. The zero-order chi connectivity index (χ0) is 20.9. The van der Waals surface area contributed by atoms with Gasteiger partial charge in [-0.05, 0) is 29.8 Å². The number of para-hydroxylation sites is 1. The first-order valence-electron chi connectivity index (χ1n) is 9.13. The van der Waals surface area contributed by atoms with Crippen LogP contribution in [-0.2, 0) is 16.1 Å². The molecule has 0 amide bonds. The number of nitrogens with zero attached hydrogens (tertiary/aromatic N) is 2. The second-order valence-corrected chi connectivity index (χ2v) is 6.45. The van der Waals surface area contributed by atoms with Crippen LogP contribution in [0.25, 0.3) is 6.08 Å². The molecule has 1 aliphatic rings. The van der Waals surface area contributed by atoms with E-state index in [9.17, 15) is 14.9 Å². The van der Waals surface area contributed by atoms with Crippen molar-refractivity contribution in [2.45, 2.75) is 6.61 Å². The summed E-state index contributed by atoms with van der Waals surface area (Å²) in [6, 6.07) is 22.7. The molecule has 1 aliphatic heterocycles. The Morgan fingerprint density at radius 3 is 2.40 bits per heavy atom. The Bertz CT molecular complexity index is 1150. The molecule has 4 rings (SSSR count). The summed E-state index contributed by atoms with van der Waals surface area (Å²) in [7, 11) is 0. The molecule has 7 heteroatoms. The van der Waals surface area contributed by atoms with Crippen LogP contribution in [0.5, 0.6) is 5.75 Å². The molecular weight excluding hydrogens is 384 g/mol. The highest BCUT2D eigenvalue weighted by Gasteiger charge is 2.25. The van der Waals surface area contributed by atoms with E-state index in [1.807, 2.05) is 54.6 Å². The first kappa shape index (κ1) is 19.1. The number of hydrogen-bond donors (Lipinski definition) is 0. The Morgan fingerprint density at radius 1 is 0.967 bits per heavy atom. The maximum Gasteiger partial charge on any atom is 0.363 e. The zero-order valence-electron chi connectivity index (χ0n) is 15.7. The Hall–Kier alpha value is -4.26. The van der Waals surface area contributed by atoms with Crippen LogP contribution in [-0.4, -0.2) is 16.8 Å². The summed E-state index contributed by atoms with van der Waals surface area (Å²) in [6.07, 6.45) is 1.60. The fraction of sp³-hybridized carbons (Fsp3) is 0.0435. The molecular formula is C23H16N2O5. The van der Waals surface area contributed by atoms with E-state index < -0.39 is 10.9 Å². The van der Waals surface area contributed by atoms with Gasteiger partial charge in [-0.3, -0.25) is 10.1 Å². The van der Waals surface area contributed by atoms with Crippen LogP contribution < -0.4 is 4.74 Å². The summed E-state index contributed by atoms with van der Waals surface area (Å²) >= 11 is 0. The third-order valence-corrected chi connectivity index (χ3v) is 4.39. The minimum absolute atomic E-state index is 0.0519. The topological polar surface area (TPSA) is 91.0 Å². The monoisotopic (exact) mass is 400 g/mol. The van der Waals surface area contributed by atoms with E-state index >= 15 is 0 Å². The largest absolute Gasteiger partial charge is 0.488 e. The van der Waals surface area contributed by atoms with Gasteiger partial charge in [-0.25, -0.2) is 9.79 Å². The van der Waals surface area contributed by atoms with E-state index in [0.29, 0.717) is 23.5 Å². The molecule has 0 bridgehead atoms. The van der Waals surface area contributed by atoms with Crippen LogP contribution in [0, 0.1) is 10.1 Å². The van der Waals surface area contributed by atoms with Crippen LogP contribution in [0.15, 0.2) is 89.6 Å². The minimum atomic E-state index is -0.596. The van der Waals surface area contributed by atoms with Crippen molar-refractivity contribution in [3.8, 4) is 5.75 Å². The van der Waals surface area contributed by atoms with Crippen LogP contribution >= 0.6 is 0 Å². The average Bonchev–Trinajstić information content (AvgIpc) is 3.14. The molecule has 0 fully saturated rings. The molecule has 0 saturated heterocycles. The lowest BCUT2D eigenvalue weighted by atomic mass is 10.1. The highest BCUT2D eigenvalue weighted by atomic mass is 16.6. The van der Waals surface area contributed by atoms with E-state index in [-0.39, 0.29) is 17.3 Å². The summed E-state index contributed by atoms with van der Waals surface area (Å²) in [5.41, 5.74) is 2.27. The van der Waals surface area contributed by atoms with Crippen LogP contribution in [0.2, 0.25) is 0 Å². The van der Waals surface area contributed by atoms with Crippen LogP contribution in [0.3, 0.4) is 0 Å². The molecule has 30 heavy (non-hydrogen) atoms. The standard InChI is InChI=1S/C23H16N2O5/c26-23-20(24-22(30-23)17-10-12-19(13-11-17)25(27)28)14-18-8-4-5-9-21(18)29-15-16-6-2-1-3-7-16/h1-14H,15H2/b20-14-. The molecule has 7 nitrogen and oxygen atoms in total. The van der Waals surface area contributed by atoms with E-state index in [1.165, 1.54) is 24.3 Å². The summed E-state index contributed by atoms with van der Waals surface area (Å²) < 4.78 is 11.1. The van der Waals surface area contributed by atoms with Gasteiger partial charge in [0.1, 0.15) is 12.4 Å². The van der Waals surface area contributed by atoms with Crippen molar-refractivity contribution in [1.29, 1.82) is 0 Å². The van der Waals surface area contributed by atoms with Gasteiger partial charge in [0, 0.05) is 23.3 Å². The molecule has 0 radical (unpaired) electrons. The lowest BCUT2D eigenvalue weighted by molar-refractivity contribution is -0.384. The van der Waals surface area contributed by atoms with E-state index in [0.717, 1.165) is 5.56 Å². The quantitative estimate of drug-likeness (QED) is 0.263. The summed E-state index contributed by atoms with van der Waals surface area (Å²) in [6.45, 7) is 0.392. The predicted molar refractivity (Wildman–Crippen MR) is 111 cm³/mol. The number of benzene rings is 3. The fourth-order valence-corrected chi connectivity index (χ4v) is 2.87. The maximum absolute atomic E-state index is 12.3. The second kappa shape index (κ2) is 8.40. The lowest BCUT2D eigenvalue weighted by Gasteiger charge is -2.09. The molecule has 3 aromatic carbocycles. The number of carbonyl (C=O) groups is 1. The van der Waals surface area contributed by atoms with Gasteiger partial charge in [-0.2, -0.15) is 0 Å². The second-order valence-electron chi connectivity index (χ2n) is 6.45. The molecule has 148 valence electrons. The van der Waals surface area contributed by atoms with Gasteiger partial charge in [0.25, 0.3) is 5.69 Å². The number of rotatable bonds is 6. The van der Waals surface area contributed by atoms with Gasteiger partial charge in [0.05, 0.1) is 4.92 Å². The van der Waals surface area contributed by atoms with Crippen LogP contribution in [0.1, 0.15) is 16.7 Å². The normalized spacial score (nSPS) is 14.3. The van der Waals surface area contributed by atoms with E-state index in [4.69, 9.17) is 9.47 Å².